The number of primary sulfonamides is 1. The number of methoxy groups -OCH3 is 1. The first-order chi connectivity index (χ1) is 12.3. The molecular weight excluding hydrogens is 360 g/mol. The minimum Gasteiger partial charge on any atom is -0.496 e. The van der Waals surface area contributed by atoms with Gasteiger partial charge in [0.05, 0.1) is 17.6 Å². The minimum atomic E-state index is -3.93. The van der Waals surface area contributed by atoms with Gasteiger partial charge in [0.15, 0.2) is 11.5 Å². The summed E-state index contributed by atoms with van der Waals surface area (Å²) >= 11 is 0. The molecule has 0 aromatic heterocycles. The van der Waals surface area contributed by atoms with Crippen LogP contribution in [-0.4, -0.2) is 40.2 Å². The molecule has 1 amide bonds. The van der Waals surface area contributed by atoms with Gasteiger partial charge in [-0.2, -0.15) is 0 Å². The fraction of sp³-hybridized carbons (Fsp3) is 0.235. The van der Waals surface area contributed by atoms with Gasteiger partial charge in [-0.05, 0) is 35.9 Å². The Hall–Kier alpha value is -2.78. The SMILES string of the molecule is COc1ccc(S(N)(=O)=O)cc1C(=O)N(C)Cc1ccc2c(c1)OCO2. The molecule has 138 valence electrons. The van der Waals surface area contributed by atoms with Crippen molar-refractivity contribution in [3.8, 4) is 17.2 Å². The molecule has 0 fully saturated rings. The molecule has 0 atom stereocenters. The highest BCUT2D eigenvalue weighted by Crippen LogP contribution is 2.33. The predicted molar refractivity (Wildman–Crippen MR) is 92.7 cm³/mol. The highest BCUT2D eigenvalue weighted by Gasteiger charge is 2.21. The molecule has 1 aliphatic heterocycles. The molecule has 0 radical (unpaired) electrons. The van der Waals surface area contributed by atoms with Gasteiger partial charge < -0.3 is 19.1 Å². The van der Waals surface area contributed by atoms with E-state index in [1.807, 2.05) is 6.07 Å². The lowest BCUT2D eigenvalue weighted by Crippen LogP contribution is -2.27. The second-order valence-electron chi connectivity index (χ2n) is 5.76. The molecule has 26 heavy (non-hydrogen) atoms. The molecule has 9 heteroatoms. The van der Waals surface area contributed by atoms with Crippen LogP contribution in [0.1, 0.15) is 15.9 Å². The highest BCUT2D eigenvalue weighted by atomic mass is 32.2. The van der Waals surface area contributed by atoms with E-state index in [4.69, 9.17) is 19.3 Å². The van der Waals surface area contributed by atoms with E-state index in [0.29, 0.717) is 11.5 Å². The van der Waals surface area contributed by atoms with Gasteiger partial charge in [0.25, 0.3) is 5.91 Å². The van der Waals surface area contributed by atoms with E-state index in [2.05, 4.69) is 0 Å². The maximum absolute atomic E-state index is 12.8. The molecule has 2 aromatic carbocycles. The van der Waals surface area contributed by atoms with Crippen molar-refractivity contribution in [3.05, 3.63) is 47.5 Å². The number of nitrogens with zero attached hydrogens (tertiary/aromatic N) is 1. The van der Waals surface area contributed by atoms with E-state index in [9.17, 15) is 13.2 Å². The molecule has 1 aliphatic rings. The van der Waals surface area contributed by atoms with Crippen LogP contribution in [-0.2, 0) is 16.6 Å². The van der Waals surface area contributed by atoms with E-state index in [-0.39, 0.29) is 29.5 Å². The Labute approximate surface area is 151 Å². The third-order valence-electron chi connectivity index (χ3n) is 3.93. The zero-order valence-electron chi connectivity index (χ0n) is 14.3. The van der Waals surface area contributed by atoms with Crippen LogP contribution in [0.3, 0.4) is 0 Å². The second kappa shape index (κ2) is 6.85. The highest BCUT2D eigenvalue weighted by molar-refractivity contribution is 7.89. The van der Waals surface area contributed by atoms with Gasteiger partial charge in [-0.1, -0.05) is 6.07 Å². The van der Waals surface area contributed by atoms with Gasteiger partial charge >= 0.3 is 0 Å². The van der Waals surface area contributed by atoms with E-state index in [0.717, 1.165) is 5.56 Å². The molecule has 0 aliphatic carbocycles. The Balaban J connectivity index is 1.86. The number of carbonyl (C=O) groups excluding carboxylic acids is 1. The van der Waals surface area contributed by atoms with Crippen LogP contribution in [0, 0.1) is 0 Å². The lowest BCUT2D eigenvalue weighted by molar-refractivity contribution is 0.0781. The molecule has 8 nitrogen and oxygen atoms in total. The first-order valence-electron chi connectivity index (χ1n) is 7.64. The smallest absolute Gasteiger partial charge is 0.257 e. The summed E-state index contributed by atoms with van der Waals surface area (Å²) < 4.78 is 38.9. The number of fused-ring (bicyclic) bond motifs is 1. The normalized spacial score (nSPS) is 12.7. The summed E-state index contributed by atoms with van der Waals surface area (Å²) in [6.07, 6.45) is 0. The van der Waals surface area contributed by atoms with E-state index in [1.165, 1.54) is 30.2 Å². The number of amides is 1. The van der Waals surface area contributed by atoms with Crippen LogP contribution in [0.25, 0.3) is 0 Å². The number of rotatable bonds is 5. The van der Waals surface area contributed by atoms with Crippen molar-refractivity contribution in [1.29, 1.82) is 0 Å². The summed E-state index contributed by atoms with van der Waals surface area (Å²) in [5.74, 6) is 1.15. The first kappa shape index (κ1) is 18.0. The fourth-order valence-corrected chi connectivity index (χ4v) is 3.16. The van der Waals surface area contributed by atoms with E-state index >= 15 is 0 Å². The second-order valence-corrected chi connectivity index (χ2v) is 7.32. The number of nitrogens with two attached hydrogens (primary N) is 1. The largest absolute Gasteiger partial charge is 0.496 e. The molecular formula is C17H18N2O6S. The van der Waals surface area contributed by atoms with Crippen LogP contribution < -0.4 is 19.3 Å². The molecule has 0 saturated carbocycles. The van der Waals surface area contributed by atoms with Crippen LogP contribution >= 0.6 is 0 Å². The van der Waals surface area contributed by atoms with Crippen molar-refractivity contribution >= 4 is 15.9 Å². The summed E-state index contributed by atoms with van der Waals surface area (Å²) in [7, 11) is -0.921. The average Bonchev–Trinajstić information content (AvgIpc) is 3.07. The number of ether oxygens (including phenoxy) is 3. The van der Waals surface area contributed by atoms with Crippen molar-refractivity contribution in [1.82, 2.24) is 4.90 Å². The maximum Gasteiger partial charge on any atom is 0.257 e. The van der Waals surface area contributed by atoms with Gasteiger partial charge in [-0.25, -0.2) is 13.6 Å². The van der Waals surface area contributed by atoms with E-state index in [1.54, 1.807) is 19.2 Å². The summed E-state index contributed by atoms with van der Waals surface area (Å²) in [6.45, 7) is 0.462. The average molecular weight is 378 g/mol. The van der Waals surface area contributed by atoms with Crippen LogP contribution in [0.15, 0.2) is 41.3 Å². The lowest BCUT2D eigenvalue weighted by atomic mass is 10.1. The van der Waals surface area contributed by atoms with Crippen molar-refractivity contribution in [2.24, 2.45) is 5.14 Å². The van der Waals surface area contributed by atoms with Crippen molar-refractivity contribution < 1.29 is 27.4 Å². The Morgan fingerprint density at radius 2 is 1.92 bits per heavy atom. The van der Waals surface area contributed by atoms with Gasteiger partial charge in [-0.3, -0.25) is 4.79 Å². The van der Waals surface area contributed by atoms with Gasteiger partial charge in [-0.15, -0.1) is 0 Å². The molecule has 3 rings (SSSR count). The van der Waals surface area contributed by atoms with Crippen LogP contribution in [0.4, 0.5) is 0 Å². The Bertz CT molecular complexity index is 958. The first-order valence-corrected chi connectivity index (χ1v) is 9.19. The summed E-state index contributed by atoms with van der Waals surface area (Å²) in [5, 5.41) is 5.15. The Kier molecular flexibility index (Phi) is 4.75. The molecule has 0 saturated heterocycles. The van der Waals surface area contributed by atoms with Gasteiger partial charge in [0.1, 0.15) is 5.75 Å². The molecule has 1 heterocycles. The molecule has 0 unspecified atom stereocenters. The van der Waals surface area contributed by atoms with Gasteiger partial charge in [0.2, 0.25) is 16.8 Å². The van der Waals surface area contributed by atoms with Crippen molar-refractivity contribution in [2.75, 3.05) is 21.0 Å². The maximum atomic E-state index is 12.8. The van der Waals surface area contributed by atoms with Crippen molar-refractivity contribution in [3.63, 3.8) is 0 Å². The molecule has 2 aromatic rings. The summed E-state index contributed by atoms with van der Waals surface area (Å²) in [6, 6.07) is 9.31. The monoisotopic (exact) mass is 378 g/mol. The lowest BCUT2D eigenvalue weighted by Gasteiger charge is -2.19. The van der Waals surface area contributed by atoms with Crippen LogP contribution in [0.2, 0.25) is 0 Å². The Morgan fingerprint density at radius 1 is 1.19 bits per heavy atom. The number of carbonyl (C=O) groups is 1. The predicted octanol–water partition coefficient (Wildman–Crippen LogP) is 1.34. The molecule has 0 bridgehead atoms. The number of sulfonamides is 1. The molecule has 2 N–H and O–H groups in total. The van der Waals surface area contributed by atoms with Gasteiger partial charge in [0, 0.05) is 13.6 Å². The summed E-state index contributed by atoms with van der Waals surface area (Å²) in [4.78, 5) is 14.1. The third-order valence-corrected chi connectivity index (χ3v) is 4.84. The quantitative estimate of drug-likeness (QED) is 0.841. The topological polar surface area (TPSA) is 108 Å². The summed E-state index contributed by atoms with van der Waals surface area (Å²) in [5.41, 5.74) is 0.953. The minimum absolute atomic E-state index is 0.113. The zero-order valence-corrected chi connectivity index (χ0v) is 15.1. The third kappa shape index (κ3) is 3.58. The standard InChI is InChI=1S/C17H18N2O6S/c1-19(9-11-3-5-15-16(7-11)25-10-24-15)17(20)13-8-12(26(18,21)22)4-6-14(13)23-2/h3-8H,9-10H2,1-2H3,(H2,18,21,22). The van der Waals surface area contributed by atoms with Crippen molar-refractivity contribution in [2.45, 2.75) is 11.4 Å². The number of hydrogen-bond acceptors (Lipinski definition) is 6. The number of hydrogen-bond donors (Lipinski definition) is 1. The van der Waals surface area contributed by atoms with Crippen LogP contribution in [0.5, 0.6) is 17.2 Å². The van der Waals surface area contributed by atoms with E-state index < -0.39 is 15.9 Å². The Morgan fingerprint density at radius 3 is 2.62 bits per heavy atom. The number of benzene rings is 2. The zero-order chi connectivity index (χ0) is 18.9. The molecule has 0 spiro atoms. The fourth-order valence-electron chi connectivity index (χ4n) is 2.62.